The number of amides is 3. The van der Waals surface area contributed by atoms with E-state index >= 15 is 0 Å². The second-order valence-electron chi connectivity index (χ2n) is 8.20. The Bertz CT molecular complexity index is 752. The van der Waals surface area contributed by atoms with E-state index in [1.165, 1.54) is 6.33 Å². The molecule has 0 aliphatic carbocycles. The molecule has 158 valence electrons. The molecule has 3 aliphatic rings. The largest absolute Gasteiger partial charge is 0.372 e. The Morgan fingerprint density at radius 3 is 2.93 bits per heavy atom. The fraction of sp³-hybridized carbons (Fsp3) is 0.700. The predicted octanol–water partition coefficient (Wildman–Crippen LogP) is 0.404. The Morgan fingerprint density at radius 1 is 1.34 bits per heavy atom. The lowest BCUT2D eigenvalue weighted by atomic mass is 9.72. The first kappa shape index (κ1) is 19.9. The van der Waals surface area contributed by atoms with E-state index in [2.05, 4.69) is 15.3 Å². The molecule has 9 nitrogen and oxygen atoms in total. The van der Waals surface area contributed by atoms with Crippen molar-refractivity contribution in [2.45, 2.75) is 44.7 Å². The number of hydrogen-bond acceptors (Lipinski definition) is 5. The number of nitrogens with one attached hydrogen (secondary N) is 2. The van der Waals surface area contributed by atoms with Gasteiger partial charge in [0.05, 0.1) is 18.6 Å². The maximum absolute atomic E-state index is 12.9. The molecule has 4 heterocycles. The van der Waals surface area contributed by atoms with Crippen LogP contribution in [0.5, 0.6) is 0 Å². The second-order valence-corrected chi connectivity index (χ2v) is 8.20. The first-order valence-corrected chi connectivity index (χ1v) is 10.5. The van der Waals surface area contributed by atoms with E-state index in [1.54, 1.807) is 6.20 Å². The Labute approximate surface area is 170 Å². The van der Waals surface area contributed by atoms with Crippen molar-refractivity contribution in [2.24, 2.45) is 11.8 Å². The Kier molecular flexibility index (Phi) is 5.84. The van der Waals surface area contributed by atoms with Crippen molar-refractivity contribution in [3.05, 3.63) is 18.2 Å². The third kappa shape index (κ3) is 4.01. The van der Waals surface area contributed by atoms with Gasteiger partial charge in [0.15, 0.2) is 0 Å². The van der Waals surface area contributed by atoms with Gasteiger partial charge in [-0.2, -0.15) is 0 Å². The molecule has 4 atom stereocenters. The van der Waals surface area contributed by atoms with Gasteiger partial charge in [0.25, 0.3) is 5.91 Å². The zero-order chi connectivity index (χ0) is 20.4. The van der Waals surface area contributed by atoms with E-state index in [0.717, 1.165) is 19.3 Å². The lowest BCUT2D eigenvalue weighted by Crippen LogP contribution is -2.67. The van der Waals surface area contributed by atoms with E-state index in [1.807, 2.05) is 16.7 Å². The monoisotopic (exact) mass is 403 g/mol. The number of carbonyl (C=O) groups is 3. The molecule has 0 radical (unpaired) electrons. The van der Waals surface area contributed by atoms with Crippen molar-refractivity contribution in [3.63, 3.8) is 0 Å². The van der Waals surface area contributed by atoms with Crippen LogP contribution in [0, 0.1) is 11.8 Å². The summed E-state index contributed by atoms with van der Waals surface area (Å²) in [6.07, 6.45) is 6.45. The number of hydrogen-bond donors (Lipinski definition) is 2. The van der Waals surface area contributed by atoms with E-state index in [-0.39, 0.29) is 48.2 Å². The summed E-state index contributed by atoms with van der Waals surface area (Å²) in [6, 6.07) is 0.0469. The van der Waals surface area contributed by atoms with Crippen molar-refractivity contribution in [1.82, 2.24) is 25.1 Å². The van der Waals surface area contributed by atoms with Gasteiger partial charge < -0.3 is 24.8 Å². The fourth-order valence-corrected chi connectivity index (χ4v) is 5.21. The summed E-state index contributed by atoms with van der Waals surface area (Å²) in [6.45, 7) is 4.00. The third-order valence-corrected chi connectivity index (χ3v) is 6.46. The van der Waals surface area contributed by atoms with Crippen molar-refractivity contribution in [2.75, 3.05) is 32.8 Å². The highest BCUT2D eigenvalue weighted by Gasteiger charge is 2.50. The van der Waals surface area contributed by atoms with Gasteiger partial charge in [0, 0.05) is 38.7 Å². The Balaban J connectivity index is 1.51. The molecular formula is C20H29N5O4. The van der Waals surface area contributed by atoms with Gasteiger partial charge in [0.2, 0.25) is 11.8 Å². The van der Waals surface area contributed by atoms with Gasteiger partial charge in [-0.3, -0.25) is 14.4 Å². The Hall–Kier alpha value is -2.42. The van der Waals surface area contributed by atoms with Crippen LogP contribution in [-0.4, -0.2) is 82.4 Å². The molecule has 0 spiro atoms. The summed E-state index contributed by atoms with van der Waals surface area (Å²) in [7, 11) is 0. The molecule has 9 heteroatoms. The summed E-state index contributed by atoms with van der Waals surface area (Å²) in [5.41, 5.74) is 0.489. The van der Waals surface area contributed by atoms with Crippen LogP contribution in [0.2, 0.25) is 0 Å². The normalized spacial score (nSPS) is 28.8. The maximum atomic E-state index is 12.9. The summed E-state index contributed by atoms with van der Waals surface area (Å²) < 4.78 is 5.18. The number of H-pyrrole nitrogens is 1. The molecule has 0 saturated carbocycles. The van der Waals surface area contributed by atoms with Crippen molar-refractivity contribution in [3.8, 4) is 0 Å². The van der Waals surface area contributed by atoms with Gasteiger partial charge in [-0.25, -0.2) is 4.98 Å². The van der Waals surface area contributed by atoms with Gasteiger partial charge in [-0.05, 0) is 38.0 Å². The minimum absolute atomic E-state index is 0.0261. The predicted molar refractivity (Wildman–Crippen MR) is 104 cm³/mol. The zero-order valence-electron chi connectivity index (χ0n) is 16.8. The van der Waals surface area contributed by atoms with Gasteiger partial charge in [0.1, 0.15) is 12.3 Å². The standard InChI is InChI=1S/C20H29N5O4/c1-2-29-11-18(26)22-8-17-14-6-13(16-4-3-5-19(27)25(16)17)9-24(10-14)20(28)15-7-21-12-23-15/h7,12-14,16-17H,2-6,8-11H2,1H3,(H,21,23)(H,22,26)/t13-,14+,16+,17+/m1/s1. The average Bonchev–Trinajstić information content (AvgIpc) is 3.26. The van der Waals surface area contributed by atoms with Crippen LogP contribution < -0.4 is 5.32 Å². The first-order chi connectivity index (χ1) is 14.1. The fourth-order valence-electron chi connectivity index (χ4n) is 5.21. The van der Waals surface area contributed by atoms with Crippen molar-refractivity contribution in [1.29, 1.82) is 0 Å². The SMILES string of the molecule is CCOCC(=O)NC[C@H]1[C@H]2C[C@H](CN(C(=O)c3cnc[nH]3)C2)[C@@H]2CCCC(=O)N21. The molecule has 1 aromatic heterocycles. The van der Waals surface area contributed by atoms with Crippen LogP contribution in [0.1, 0.15) is 43.1 Å². The molecule has 0 unspecified atom stereocenters. The number of piperidine rings is 3. The van der Waals surface area contributed by atoms with Crippen molar-refractivity contribution < 1.29 is 19.1 Å². The Morgan fingerprint density at radius 2 is 2.17 bits per heavy atom. The molecule has 3 saturated heterocycles. The number of ether oxygens (including phenoxy) is 1. The van der Waals surface area contributed by atoms with Gasteiger partial charge >= 0.3 is 0 Å². The topological polar surface area (TPSA) is 108 Å². The molecule has 3 amide bonds. The molecule has 3 aliphatic heterocycles. The molecule has 2 N–H and O–H groups in total. The molecular weight excluding hydrogens is 374 g/mol. The number of aromatic nitrogens is 2. The van der Waals surface area contributed by atoms with Crippen LogP contribution >= 0.6 is 0 Å². The minimum Gasteiger partial charge on any atom is -0.372 e. The number of aromatic amines is 1. The van der Waals surface area contributed by atoms with E-state index in [9.17, 15) is 14.4 Å². The number of nitrogens with zero attached hydrogens (tertiary/aromatic N) is 3. The van der Waals surface area contributed by atoms with Crippen LogP contribution in [0.4, 0.5) is 0 Å². The quantitative estimate of drug-likeness (QED) is 0.715. The number of likely N-dealkylation sites (tertiary alicyclic amines) is 1. The van der Waals surface area contributed by atoms with Gasteiger partial charge in [-0.15, -0.1) is 0 Å². The molecule has 1 aromatic rings. The summed E-state index contributed by atoms with van der Waals surface area (Å²) in [5.74, 6) is 0.378. The van der Waals surface area contributed by atoms with E-state index < -0.39 is 0 Å². The third-order valence-electron chi connectivity index (χ3n) is 6.46. The highest BCUT2D eigenvalue weighted by Crippen LogP contribution is 2.41. The van der Waals surface area contributed by atoms with Gasteiger partial charge in [-0.1, -0.05) is 0 Å². The molecule has 2 bridgehead atoms. The second kappa shape index (κ2) is 8.52. The zero-order valence-corrected chi connectivity index (χ0v) is 16.8. The number of rotatable bonds is 6. The number of carbonyl (C=O) groups excluding carboxylic acids is 3. The molecule has 0 aromatic carbocycles. The number of imidazole rings is 1. The molecule has 3 fully saturated rings. The average molecular weight is 403 g/mol. The van der Waals surface area contributed by atoms with E-state index in [0.29, 0.717) is 38.4 Å². The minimum atomic E-state index is -0.170. The van der Waals surface area contributed by atoms with E-state index in [4.69, 9.17) is 4.74 Å². The smallest absolute Gasteiger partial charge is 0.271 e. The summed E-state index contributed by atoms with van der Waals surface area (Å²) in [4.78, 5) is 48.5. The lowest BCUT2D eigenvalue weighted by Gasteiger charge is -2.56. The maximum Gasteiger partial charge on any atom is 0.271 e. The highest BCUT2D eigenvalue weighted by atomic mass is 16.5. The number of fused-ring (bicyclic) bond motifs is 4. The summed E-state index contributed by atoms with van der Waals surface area (Å²) in [5, 5.41) is 2.94. The first-order valence-electron chi connectivity index (χ1n) is 10.5. The molecule has 4 rings (SSSR count). The van der Waals surface area contributed by atoms with Crippen LogP contribution in [0.25, 0.3) is 0 Å². The van der Waals surface area contributed by atoms with Crippen molar-refractivity contribution >= 4 is 17.7 Å². The van der Waals surface area contributed by atoms with Crippen LogP contribution in [0.15, 0.2) is 12.5 Å². The molecule has 29 heavy (non-hydrogen) atoms. The van der Waals surface area contributed by atoms with Crippen LogP contribution in [-0.2, 0) is 14.3 Å². The summed E-state index contributed by atoms with van der Waals surface area (Å²) >= 11 is 0. The lowest BCUT2D eigenvalue weighted by molar-refractivity contribution is -0.152. The van der Waals surface area contributed by atoms with Crippen LogP contribution in [0.3, 0.4) is 0 Å². The highest BCUT2D eigenvalue weighted by molar-refractivity contribution is 5.92.